The highest BCUT2D eigenvalue weighted by Crippen LogP contribution is 2.32. The molecule has 28 heavy (non-hydrogen) atoms. The highest BCUT2D eigenvalue weighted by molar-refractivity contribution is 5.77. The summed E-state index contributed by atoms with van der Waals surface area (Å²) in [6.45, 7) is 6.70. The number of carbonyl (C=O) groups excluding carboxylic acids is 1. The lowest BCUT2D eigenvalue weighted by molar-refractivity contribution is -0.122. The highest BCUT2D eigenvalue weighted by Gasteiger charge is 2.28. The summed E-state index contributed by atoms with van der Waals surface area (Å²) in [4.78, 5) is 24.6. The standard InChI is InChI=1S/C21H26N4O3/c1-21(2,3)25-16-9-6-7-15(14(16)13-22-25)23-19(26)11-12-24-17-8-4-5-10-18(17)28-20(24)27/h4-5,8,10,13,15H,6-7,9,11-12H2,1-3H3,(H,23,26). The van der Waals surface area contributed by atoms with Gasteiger partial charge in [-0.05, 0) is 52.2 Å². The van der Waals surface area contributed by atoms with Gasteiger partial charge < -0.3 is 9.73 Å². The molecule has 0 fully saturated rings. The van der Waals surface area contributed by atoms with E-state index in [0.717, 1.165) is 24.8 Å². The van der Waals surface area contributed by atoms with E-state index in [-0.39, 0.29) is 23.9 Å². The molecule has 0 radical (unpaired) electrons. The number of amides is 1. The molecule has 0 saturated carbocycles. The van der Waals surface area contributed by atoms with Gasteiger partial charge in [-0.1, -0.05) is 12.1 Å². The predicted molar refractivity (Wildman–Crippen MR) is 106 cm³/mol. The molecule has 0 spiro atoms. The second-order valence-electron chi connectivity index (χ2n) is 8.38. The van der Waals surface area contributed by atoms with E-state index < -0.39 is 5.76 Å². The maximum absolute atomic E-state index is 12.6. The number of oxazole rings is 1. The summed E-state index contributed by atoms with van der Waals surface area (Å²) in [7, 11) is 0. The van der Waals surface area contributed by atoms with Gasteiger partial charge in [-0.3, -0.25) is 14.0 Å². The van der Waals surface area contributed by atoms with Crippen molar-refractivity contribution in [2.75, 3.05) is 0 Å². The third-order valence-electron chi connectivity index (χ3n) is 5.29. The van der Waals surface area contributed by atoms with Crippen molar-refractivity contribution in [1.82, 2.24) is 19.7 Å². The molecule has 3 aromatic rings. The van der Waals surface area contributed by atoms with Gasteiger partial charge in [-0.25, -0.2) is 4.79 Å². The van der Waals surface area contributed by atoms with Crippen molar-refractivity contribution in [3.8, 4) is 0 Å². The van der Waals surface area contributed by atoms with Crippen molar-refractivity contribution in [3.63, 3.8) is 0 Å². The molecule has 148 valence electrons. The number of hydrogen-bond donors (Lipinski definition) is 1. The number of nitrogens with one attached hydrogen (secondary N) is 1. The number of para-hydroxylation sites is 2. The first-order valence-electron chi connectivity index (χ1n) is 9.79. The van der Waals surface area contributed by atoms with E-state index in [1.165, 1.54) is 10.3 Å². The molecule has 1 atom stereocenters. The molecule has 1 aromatic carbocycles. The summed E-state index contributed by atoms with van der Waals surface area (Å²) in [5.74, 6) is -0.501. The Morgan fingerprint density at radius 1 is 1.32 bits per heavy atom. The van der Waals surface area contributed by atoms with E-state index >= 15 is 0 Å². The van der Waals surface area contributed by atoms with E-state index in [1.54, 1.807) is 6.07 Å². The molecular weight excluding hydrogens is 356 g/mol. The third kappa shape index (κ3) is 3.37. The Labute approximate surface area is 163 Å². The number of carbonyl (C=O) groups is 1. The summed E-state index contributed by atoms with van der Waals surface area (Å²) in [6.07, 6.45) is 5.02. The second kappa shape index (κ2) is 6.96. The fourth-order valence-electron chi connectivity index (χ4n) is 3.99. The summed E-state index contributed by atoms with van der Waals surface area (Å²) in [6, 6.07) is 7.23. The van der Waals surface area contributed by atoms with Gasteiger partial charge in [0.25, 0.3) is 0 Å². The smallest absolute Gasteiger partial charge is 0.408 e. The molecule has 0 saturated heterocycles. The van der Waals surface area contributed by atoms with Crippen LogP contribution < -0.4 is 11.1 Å². The fraction of sp³-hybridized carbons (Fsp3) is 0.476. The average molecular weight is 382 g/mol. The summed E-state index contributed by atoms with van der Waals surface area (Å²) < 4.78 is 8.81. The molecule has 1 aliphatic carbocycles. The maximum Gasteiger partial charge on any atom is 0.419 e. The molecule has 2 aromatic heterocycles. The van der Waals surface area contributed by atoms with Crippen LogP contribution in [0.3, 0.4) is 0 Å². The summed E-state index contributed by atoms with van der Waals surface area (Å²) in [5, 5.41) is 7.70. The van der Waals surface area contributed by atoms with Gasteiger partial charge in [0, 0.05) is 24.2 Å². The Balaban J connectivity index is 1.46. The first-order valence-corrected chi connectivity index (χ1v) is 9.79. The van der Waals surface area contributed by atoms with Crippen molar-refractivity contribution in [2.24, 2.45) is 0 Å². The monoisotopic (exact) mass is 382 g/mol. The zero-order valence-corrected chi connectivity index (χ0v) is 16.6. The normalized spacial score (nSPS) is 16.9. The lowest BCUT2D eigenvalue weighted by Crippen LogP contribution is -2.33. The molecule has 1 unspecified atom stereocenters. The van der Waals surface area contributed by atoms with Gasteiger partial charge in [0.1, 0.15) is 0 Å². The number of aromatic nitrogens is 3. The van der Waals surface area contributed by atoms with Gasteiger partial charge >= 0.3 is 5.76 Å². The van der Waals surface area contributed by atoms with Crippen LogP contribution in [0.1, 0.15) is 57.3 Å². The summed E-state index contributed by atoms with van der Waals surface area (Å²) in [5.41, 5.74) is 3.50. The Bertz CT molecular complexity index is 1070. The minimum absolute atomic E-state index is 0.0230. The second-order valence-corrected chi connectivity index (χ2v) is 8.38. The van der Waals surface area contributed by atoms with Crippen LogP contribution in [0.25, 0.3) is 11.1 Å². The SMILES string of the molecule is CC(C)(C)n1ncc2c1CCCC2NC(=O)CCn1c(=O)oc2ccccc21. The number of hydrogen-bond acceptors (Lipinski definition) is 4. The quantitative estimate of drug-likeness (QED) is 0.752. The van der Waals surface area contributed by atoms with Crippen molar-refractivity contribution in [2.45, 2.75) is 64.6 Å². The van der Waals surface area contributed by atoms with Crippen LogP contribution in [0.4, 0.5) is 0 Å². The van der Waals surface area contributed by atoms with Gasteiger partial charge in [0.05, 0.1) is 23.3 Å². The zero-order chi connectivity index (χ0) is 19.9. The number of benzene rings is 1. The number of nitrogens with zero attached hydrogens (tertiary/aromatic N) is 3. The molecule has 1 N–H and O–H groups in total. The van der Waals surface area contributed by atoms with Crippen molar-refractivity contribution >= 4 is 17.0 Å². The lowest BCUT2D eigenvalue weighted by atomic mass is 9.92. The van der Waals surface area contributed by atoms with Gasteiger partial charge in [-0.15, -0.1) is 0 Å². The molecule has 7 nitrogen and oxygen atoms in total. The Kier molecular flexibility index (Phi) is 4.61. The number of rotatable bonds is 4. The Hall–Kier alpha value is -2.83. The van der Waals surface area contributed by atoms with Crippen LogP contribution in [-0.2, 0) is 23.3 Å². The first kappa shape index (κ1) is 18.5. The minimum Gasteiger partial charge on any atom is -0.408 e. The summed E-state index contributed by atoms with van der Waals surface area (Å²) >= 11 is 0. The molecule has 4 rings (SSSR count). The zero-order valence-electron chi connectivity index (χ0n) is 16.6. The largest absolute Gasteiger partial charge is 0.419 e. The van der Waals surface area contributed by atoms with Gasteiger partial charge in [0.2, 0.25) is 5.91 Å². The van der Waals surface area contributed by atoms with Crippen LogP contribution in [0, 0.1) is 0 Å². The predicted octanol–water partition coefficient (Wildman–Crippen LogP) is 3.13. The van der Waals surface area contributed by atoms with E-state index in [0.29, 0.717) is 17.6 Å². The van der Waals surface area contributed by atoms with E-state index in [1.807, 2.05) is 24.4 Å². The lowest BCUT2D eigenvalue weighted by Gasteiger charge is -2.28. The molecule has 0 aliphatic heterocycles. The van der Waals surface area contributed by atoms with Crippen molar-refractivity contribution in [1.29, 1.82) is 0 Å². The van der Waals surface area contributed by atoms with Crippen LogP contribution >= 0.6 is 0 Å². The van der Waals surface area contributed by atoms with Crippen molar-refractivity contribution in [3.05, 3.63) is 52.3 Å². The molecule has 7 heteroatoms. The number of aryl methyl sites for hydroxylation is 1. The Morgan fingerprint density at radius 3 is 2.89 bits per heavy atom. The molecular formula is C21H26N4O3. The molecule has 1 amide bonds. The maximum atomic E-state index is 12.6. The van der Waals surface area contributed by atoms with Gasteiger partial charge in [0.15, 0.2) is 5.58 Å². The molecule has 1 aliphatic rings. The van der Waals surface area contributed by atoms with Crippen LogP contribution in [-0.4, -0.2) is 20.3 Å². The van der Waals surface area contributed by atoms with Gasteiger partial charge in [-0.2, -0.15) is 5.10 Å². The van der Waals surface area contributed by atoms with E-state index in [9.17, 15) is 9.59 Å². The van der Waals surface area contributed by atoms with E-state index in [4.69, 9.17) is 4.42 Å². The topological polar surface area (TPSA) is 82.1 Å². The van der Waals surface area contributed by atoms with Crippen LogP contribution in [0.2, 0.25) is 0 Å². The van der Waals surface area contributed by atoms with E-state index in [2.05, 4.69) is 35.9 Å². The van der Waals surface area contributed by atoms with Crippen LogP contribution in [0.5, 0.6) is 0 Å². The fourth-order valence-corrected chi connectivity index (χ4v) is 3.99. The minimum atomic E-state index is -0.430. The average Bonchev–Trinajstić information content (AvgIpc) is 3.21. The Morgan fingerprint density at radius 2 is 2.11 bits per heavy atom. The first-order chi connectivity index (χ1) is 13.3. The molecule has 0 bridgehead atoms. The van der Waals surface area contributed by atoms with Crippen LogP contribution in [0.15, 0.2) is 39.7 Å². The van der Waals surface area contributed by atoms with Crippen molar-refractivity contribution < 1.29 is 9.21 Å². The number of fused-ring (bicyclic) bond motifs is 2. The highest BCUT2D eigenvalue weighted by atomic mass is 16.4. The molecule has 2 heterocycles. The third-order valence-corrected chi connectivity index (χ3v) is 5.29.